The van der Waals surface area contributed by atoms with Gasteiger partial charge in [-0.3, -0.25) is 0 Å². The number of nitrogens with one attached hydrogen (secondary N) is 1. The van der Waals surface area contributed by atoms with E-state index in [2.05, 4.69) is 65.1 Å². The Kier molecular flexibility index (Phi) is 5.10. The molecule has 0 radical (unpaired) electrons. The van der Waals surface area contributed by atoms with Gasteiger partial charge in [0.05, 0.1) is 6.10 Å². The van der Waals surface area contributed by atoms with Gasteiger partial charge in [-0.1, -0.05) is 22.0 Å². The minimum Gasteiger partial charge on any atom is -0.393 e. The molecule has 1 aromatic rings. The number of benzene rings is 1. The third-order valence-electron chi connectivity index (χ3n) is 3.66. The molecule has 0 spiro atoms. The summed E-state index contributed by atoms with van der Waals surface area (Å²) in [5.74, 6) is 0. The molecule has 2 rings (SSSR count). The first-order valence-electron chi connectivity index (χ1n) is 7.31. The average molecular weight is 341 g/mol. The normalized spacial score (nSPS) is 17.6. The summed E-state index contributed by atoms with van der Waals surface area (Å²) < 4.78 is 1.11. The number of piperidine rings is 1. The summed E-state index contributed by atoms with van der Waals surface area (Å²) in [5, 5.41) is 13.2. The van der Waals surface area contributed by atoms with E-state index < -0.39 is 0 Å². The number of hydrogen-bond acceptors (Lipinski definition) is 3. The Bertz CT molecular complexity index is 448. The van der Waals surface area contributed by atoms with Crippen LogP contribution in [-0.4, -0.2) is 29.8 Å². The molecule has 1 aromatic carbocycles. The van der Waals surface area contributed by atoms with Gasteiger partial charge in [0.15, 0.2) is 0 Å². The molecule has 1 saturated heterocycles. The molecule has 1 heterocycles. The van der Waals surface area contributed by atoms with Gasteiger partial charge < -0.3 is 15.3 Å². The Balaban J connectivity index is 2.15. The highest BCUT2D eigenvalue weighted by atomic mass is 79.9. The van der Waals surface area contributed by atoms with Gasteiger partial charge in [0.1, 0.15) is 0 Å². The van der Waals surface area contributed by atoms with Crippen molar-refractivity contribution >= 4 is 21.6 Å². The van der Waals surface area contributed by atoms with Crippen LogP contribution in [0, 0.1) is 0 Å². The molecule has 2 N–H and O–H groups in total. The number of aliphatic hydroxyl groups excluding tert-OH is 1. The molecule has 0 unspecified atom stereocenters. The molecule has 0 bridgehead atoms. The second-order valence-corrected chi connectivity index (χ2v) is 7.51. The summed E-state index contributed by atoms with van der Waals surface area (Å²) in [6, 6.07) is 6.47. The summed E-state index contributed by atoms with van der Waals surface area (Å²) in [5.41, 5.74) is 2.71. The first-order valence-corrected chi connectivity index (χ1v) is 8.11. The zero-order valence-electron chi connectivity index (χ0n) is 12.6. The fourth-order valence-corrected chi connectivity index (χ4v) is 2.80. The van der Waals surface area contributed by atoms with E-state index in [1.54, 1.807) is 0 Å². The summed E-state index contributed by atoms with van der Waals surface area (Å²) >= 11 is 3.57. The van der Waals surface area contributed by atoms with E-state index in [0.717, 1.165) is 36.9 Å². The van der Waals surface area contributed by atoms with Gasteiger partial charge in [0.2, 0.25) is 0 Å². The Hall–Kier alpha value is -0.580. The molecule has 3 nitrogen and oxygen atoms in total. The van der Waals surface area contributed by atoms with E-state index in [1.807, 2.05) is 0 Å². The molecule has 0 saturated carbocycles. The van der Waals surface area contributed by atoms with Gasteiger partial charge in [-0.05, 0) is 51.3 Å². The van der Waals surface area contributed by atoms with Crippen molar-refractivity contribution in [2.24, 2.45) is 0 Å². The highest BCUT2D eigenvalue weighted by molar-refractivity contribution is 9.10. The lowest BCUT2D eigenvalue weighted by molar-refractivity contribution is 0.145. The van der Waals surface area contributed by atoms with Crippen molar-refractivity contribution in [1.82, 2.24) is 5.32 Å². The van der Waals surface area contributed by atoms with Crippen LogP contribution < -0.4 is 10.2 Å². The fourth-order valence-electron chi connectivity index (χ4n) is 2.45. The maximum absolute atomic E-state index is 9.66. The highest BCUT2D eigenvalue weighted by Gasteiger charge is 2.20. The van der Waals surface area contributed by atoms with Crippen molar-refractivity contribution in [1.29, 1.82) is 0 Å². The van der Waals surface area contributed by atoms with E-state index in [0.29, 0.717) is 0 Å². The maximum atomic E-state index is 9.66. The lowest BCUT2D eigenvalue weighted by Crippen LogP contribution is -2.38. The molecule has 1 fully saturated rings. The number of nitrogens with zero attached hydrogens (tertiary/aromatic N) is 1. The predicted octanol–water partition coefficient (Wildman–Crippen LogP) is 3.30. The van der Waals surface area contributed by atoms with Crippen LogP contribution in [0.3, 0.4) is 0 Å². The van der Waals surface area contributed by atoms with Crippen LogP contribution in [0.1, 0.15) is 39.2 Å². The third-order valence-corrected chi connectivity index (χ3v) is 4.15. The largest absolute Gasteiger partial charge is 0.393 e. The van der Waals surface area contributed by atoms with Crippen molar-refractivity contribution in [3.63, 3.8) is 0 Å². The van der Waals surface area contributed by atoms with E-state index in [4.69, 9.17) is 0 Å². The number of halogens is 1. The summed E-state index contributed by atoms with van der Waals surface area (Å²) in [4.78, 5) is 2.39. The lowest BCUT2D eigenvalue weighted by atomic mass is 10.0. The molecule has 1 aliphatic rings. The summed E-state index contributed by atoms with van der Waals surface area (Å²) in [7, 11) is 0. The summed E-state index contributed by atoms with van der Waals surface area (Å²) in [6.45, 7) is 9.28. The first-order chi connectivity index (χ1) is 9.35. The predicted molar refractivity (Wildman–Crippen MR) is 88.2 cm³/mol. The molecule has 112 valence electrons. The van der Waals surface area contributed by atoms with Crippen LogP contribution in [-0.2, 0) is 6.54 Å². The van der Waals surface area contributed by atoms with Crippen LogP contribution in [0.5, 0.6) is 0 Å². The minimum absolute atomic E-state index is 0.114. The second kappa shape index (κ2) is 6.46. The monoisotopic (exact) mass is 340 g/mol. The molecule has 0 aromatic heterocycles. The molecule has 1 aliphatic heterocycles. The van der Waals surface area contributed by atoms with Crippen LogP contribution in [0.15, 0.2) is 22.7 Å². The molecule has 0 atom stereocenters. The van der Waals surface area contributed by atoms with E-state index >= 15 is 0 Å². The zero-order chi connectivity index (χ0) is 14.8. The van der Waals surface area contributed by atoms with Gasteiger partial charge in [-0.2, -0.15) is 0 Å². The van der Waals surface area contributed by atoms with E-state index in [9.17, 15) is 5.11 Å². The Labute approximate surface area is 130 Å². The Morgan fingerprint density at radius 3 is 2.55 bits per heavy atom. The molecular weight excluding hydrogens is 316 g/mol. The maximum Gasteiger partial charge on any atom is 0.0574 e. The van der Waals surface area contributed by atoms with Crippen molar-refractivity contribution in [2.75, 3.05) is 18.0 Å². The third kappa shape index (κ3) is 4.47. The van der Waals surface area contributed by atoms with Crippen LogP contribution in [0.25, 0.3) is 0 Å². The van der Waals surface area contributed by atoms with E-state index in [-0.39, 0.29) is 11.6 Å². The van der Waals surface area contributed by atoms with Crippen LogP contribution in [0.4, 0.5) is 5.69 Å². The molecular formula is C16H25BrN2O. The van der Waals surface area contributed by atoms with Gasteiger partial charge in [0.25, 0.3) is 0 Å². The SMILES string of the molecule is CC(C)(C)NCc1ccc(Br)cc1N1CCC(O)CC1. The quantitative estimate of drug-likeness (QED) is 0.886. The lowest BCUT2D eigenvalue weighted by Gasteiger charge is -2.33. The van der Waals surface area contributed by atoms with Gasteiger partial charge >= 0.3 is 0 Å². The number of hydrogen-bond donors (Lipinski definition) is 2. The Morgan fingerprint density at radius 1 is 1.30 bits per heavy atom. The van der Waals surface area contributed by atoms with Gasteiger partial charge in [-0.15, -0.1) is 0 Å². The van der Waals surface area contributed by atoms with Crippen molar-refractivity contribution in [3.05, 3.63) is 28.2 Å². The van der Waals surface area contributed by atoms with Gasteiger partial charge in [-0.25, -0.2) is 0 Å². The molecule has 4 heteroatoms. The van der Waals surface area contributed by atoms with Crippen molar-refractivity contribution in [3.8, 4) is 0 Å². The van der Waals surface area contributed by atoms with Crippen molar-refractivity contribution in [2.45, 2.75) is 51.8 Å². The number of aliphatic hydroxyl groups is 1. The number of rotatable bonds is 3. The zero-order valence-corrected chi connectivity index (χ0v) is 14.2. The second-order valence-electron chi connectivity index (χ2n) is 6.59. The summed E-state index contributed by atoms with van der Waals surface area (Å²) in [6.07, 6.45) is 1.59. The topological polar surface area (TPSA) is 35.5 Å². The average Bonchev–Trinajstić information content (AvgIpc) is 2.37. The standard InChI is InChI=1S/C16H25BrN2O/c1-16(2,3)18-11-12-4-5-13(17)10-15(12)19-8-6-14(20)7-9-19/h4-5,10,14,18,20H,6-9,11H2,1-3H3. The molecule has 20 heavy (non-hydrogen) atoms. The van der Waals surface area contributed by atoms with Crippen LogP contribution in [0.2, 0.25) is 0 Å². The smallest absolute Gasteiger partial charge is 0.0574 e. The van der Waals surface area contributed by atoms with Crippen molar-refractivity contribution < 1.29 is 5.11 Å². The van der Waals surface area contributed by atoms with Crippen LogP contribution >= 0.6 is 15.9 Å². The number of anilines is 1. The van der Waals surface area contributed by atoms with E-state index in [1.165, 1.54) is 11.3 Å². The highest BCUT2D eigenvalue weighted by Crippen LogP contribution is 2.28. The molecule has 0 aliphatic carbocycles. The minimum atomic E-state index is -0.130. The Morgan fingerprint density at radius 2 is 1.95 bits per heavy atom. The first kappa shape index (κ1) is 15.8. The van der Waals surface area contributed by atoms with Gasteiger partial charge in [0, 0.05) is 35.3 Å². The fraction of sp³-hybridized carbons (Fsp3) is 0.625. The molecule has 0 amide bonds.